The number of aromatic nitrogens is 3. The van der Waals surface area contributed by atoms with E-state index in [0.717, 1.165) is 33.9 Å². The molecule has 4 saturated carbocycles. The van der Waals surface area contributed by atoms with Crippen LogP contribution in [0.25, 0.3) is 67.2 Å². The van der Waals surface area contributed by atoms with E-state index in [1.54, 1.807) is 0 Å². The topological polar surface area (TPSA) is 62.5 Å². The molecule has 4 bridgehead atoms. The summed E-state index contributed by atoms with van der Waals surface area (Å²) < 4.78 is 0. The number of benzene rings is 7. The number of nitrogens with zero attached hydrogens (tertiary/aromatic N) is 4. The van der Waals surface area contributed by atoms with Crippen molar-refractivity contribution in [1.82, 2.24) is 15.0 Å². The molecule has 1 aromatic heterocycles. The molecule has 0 N–H and O–H groups in total. The third-order valence-corrected chi connectivity index (χ3v) is 14.2. The summed E-state index contributed by atoms with van der Waals surface area (Å²) in [6.45, 7) is 4.58. The molecule has 4 fully saturated rings. The Kier molecular flexibility index (Phi) is 8.64. The summed E-state index contributed by atoms with van der Waals surface area (Å²) in [7, 11) is 0. The molecule has 12 rings (SSSR count). The average molecular weight is 775 g/mol. The van der Waals surface area contributed by atoms with Gasteiger partial charge in [-0.1, -0.05) is 146 Å². The summed E-state index contributed by atoms with van der Waals surface area (Å²) in [5, 5.41) is 11.7. The van der Waals surface area contributed by atoms with Crippen molar-refractivity contribution in [2.24, 2.45) is 11.8 Å². The van der Waals surface area contributed by atoms with Crippen molar-refractivity contribution in [2.75, 3.05) is 0 Å². The van der Waals surface area contributed by atoms with Crippen LogP contribution in [0.3, 0.4) is 0 Å². The predicted molar refractivity (Wildman–Crippen MR) is 243 cm³/mol. The van der Waals surface area contributed by atoms with Gasteiger partial charge in [-0.05, 0) is 142 Å². The minimum absolute atomic E-state index is 0.199. The number of hydrogen-bond acceptors (Lipinski definition) is 4. The molecule has 290 valence electrons. The van der Waals surface area contributed by atoms with Crippen molar-refractivity contribution in [1.29, 1.82) is 5.26 Å². The number of aryl methyl sites for hydroxylation is 2. The molecule has 1 heterocycles. The lowest BCUT2D eigenvalue weighted by atomic mass is 9.41. The molecule has 4 nitrogen and oxygen atoms in total. The first-order valence-electron chi connectivity index (χ1n) is 21.5. The Balaban J connectivity index is 0.947. The lowest BCUT2D eigenvalue weighted by molar-refractivity contribution is -0.0281. The number of hydrogen-bond donors (Lipinski definition) is 0. The monoisotopic (exact) mass is 774 g/mol. The molecule has 0 saturated heterocycles. The van der Waals surface area contributed by atoms with Crippen LogP contribution in [0.4, 0.5) is 0 Å². The van der Waals surface area contributed by atoms with Crippen molar-refractivity contribution >= 4 is 10.8 Å². The van der Waals surface area contributed by atoms with Crippen LogP contribution >= 0.6 is 0 Å². The van der Waals surface area contributed by atoms with Gasteiger partial charge in [-0.25, -0.2) is 15.0 Å². The van der Waals surface area contributed by atoms with Crippen LogP contribution < -0.4 is 0 Å². The molecule has 0 aliphatic heterocycles. The lowest BCUT2D eigenvalue weighted by Gasteiger charge is -2.63. The molecule has 0 radical (unpaired) electrons. The van der Waals surface area contributed by atoms with Gasteiger partial charge in [-0.2, -0.15) is 5.26 Å². The first-order chi connectivity index (χ1) is 29.4. The second-order valence-corrected chi connectivity index (χ2v) is 18.0. The largest absolute Gasteiger partial charge is 0.208 e. The highest BCUT2D eigenvalue weighted by atomic mass is 15.0. The molecule has 4 aliphatic rings. The Morgan fingerprint density at radius 3 is 1.50 bits per heavy atom. The summed E-state index contributed by atoms with van der Waals surface area (Å²) in [4.78, 5) is 15.1. The molecule has 7 aromatic carbocycles. The lowest BCUT2D eigenvalue weighted by Crippen LogP contribution is -2.56. The molecule has 4 aliphatic carbocycles. The maximum absolute atomic E-state index is 9.32. The van der Waals surface area contributed by atoms with Gasteiger partial charge in [0.2, 0.25) is 0 Å². The Hall–Kier alpha value is -6.70. The number of nitriles is 1. The van der Waals surface area contributed by atoms with E-state index >= 15 is 0 Å². The van der Waals surface area contributed by atoms with Crippen molar-refractivity contribution < 1.29 is 0 Å². The highest BCUT2D eigenvalue weighted by molar-refractivity contribution is 6.04. The van der Waals surface area contributed by atoms with E-state index in [1.807, 2.05) is 48.5 Å². The summed E-state index contributed by atoms with van der Waals surface area (Å²) in [6, 6.07) is 58.6. The van der Waals surface area contributed by atoms with Gasteiger partial charge >= 0.3 is 0 Å². The molecule has 0 spiro atoms. The summed E-state index contributed by atoms with van der Waals surface area (Å²) in [5.41, 5.74) is 14.7. The zero-order valence-electron chi connectivity index (χ0n) is 34.2. The van der Waals surface area contributed by atoms with Crippen LogP contribution in [-0.2, 0) is 10.8 Å². The number of fused-ring (bicyclic) bond motifs is 1. The quantitative estimate of drug-likeness (QED) is 0.162. The molecule has 4 heteroatoms. The van der Waals surface area contributed by atoms with Crippen molar-refractivity contribution in [3.63, 3.8) is 0 Å². The van der Waals surface area contributed by atoms with Gasteiger partial charge in [0.05, 0.1) is 11.6 Å². The van der Waals surface area contributed by atoms with Gasteiger partial charge in [0.1, 0.15) is 0 Å². The van der Waals surface area contributed by atoms with Gasteiger partial charge < -0.3 is 0 Å². The fraction of sp³-hybridized carbons (Fsp3) is 0.214. The zero-order valence-corrected chi connectivity index (χ0v) is 34.2. The van der Waals surface area contributed by atoms with Crippen LogP contribution in [-0.4, -0.2) is 15.0 Å². The normalized spacial score (nSPS) is 21.6. The van der Waals surface area contributed by atoms with Gasteiger partial charge in [0, 0.05) is 16.7 Å². The molecular formula is C56H46N4. The minimum Gasteiger partial charge on any atom is -0.208 e. The van der Waals surface area contributed by atoms with E-state index < -0.39 is 0 Å². The second-order valence-electron chi connectivity index (χ2n) is 18.0. The fourth-order valence-corrected chi connectivity index (χ4v) is 11.9. The molecule has 2 unspecified atom stereocenters. The van der Waals surface area contributed by atoms with E-state index in [1.165, 1.54) is 88.4 Å². The van der Waals surface area contributed by atoms with Crippen molar-refractivity contribution in [2.45, 2.75) is 63.2 Å². The summed E-state index contributed by atoms with van der Waals surface area (Å²) >= 11 is 0. The van der Waals surface area contributed by atoms with Gasteiger partial charge in [-0.3, -0.25) is 0 Å². The van der Waals surface area contributed by atoms with E-state index in [2.05, 4.69) is 129 Å². The first kappa shape index (κ1) is 36.4. The highest BCUT2D eigenvalue weighted by Gasteiger charge is 2.58. The Morgan fingerprint density at radius 1 is 0.467 bits per heavy atom. The van der Waals surface area contributed by atoms with Crippen LogP contribution in [0.5, 0.6) is 0 Å². The maximum Gasteiger partial charge on any atom is 0.164 e. The van der Waals surface area contributed by atoms with Crippen LogP contribution in [0.2, 0.25) is 0 Å². The smallest absolute Gasteiger partial charge is 0.164 e. The van der Waals surface area contributed by atoms with E-state index in [0.29, 0.717) is 23.0 Å². The van der Waals surface area contributed by atoms with E-state index in [4.69, 9.17) is 15.0 Å². The third-order valence-electron chi connectivity index (χ3n) is 14.2. The summed E-state index contributed by atoms with van der Waals surface area (Å²) in [6.07, 6.45) is 7.80. The minimum atomic E-state index is 0.199. The zero-order chi connectivity index (χ0) is 40.4. The molecule has 8 aromatic rings. The van der Waals surface area contributed by atoms with Gasteiger partial charge in [0.25, 0.3) is 0 Å². The third kappa shape index (κ3) is 6.15. The molecule has 2 atom stereocenters. The second kappa shape index (κ2) is 14.2. The van der Waals surface area contributed by atoms with Crippen molar-refractivity contribution in [3.05, 3.63) is 186 Å². The Labute approximate surface area is 352 Å². The van der Waals surface area contributed by atoms with E-state index in [-0.39, 0.29) is 10.8 Å². The first-order valence-corrected chi connectivity index (χ1v) is 21.5. The maximum atomic E-state index is 9.32. The predicted octanol–water partition coefficient (Wildman–Crippen LogP) is 13.6. The Bertz CT molecular complexity index is 2910. The van der Waals surface area contributed by atoms with Gasteiger partial charge in [-0.15, -0.1) is 0 Å². The molecule has 0 amide bonds. The van der Waals surface area contributed by atoms with Gasteiger partial charge in [0.15, 0.2) is 17.5 Å². The van der Waals surface area contributed by atoms with Crippen LogP contribution in [0.1, 0.15) is 66.3 Å². The fourth-order valence-electron chi connectivity index (χ4n) is 11.9. The SMILES string of the molecule is Cc1cc(C23CC4CC(C2)CC(c2ccc(-c5cccc6c(-c7nc(-c8ccccc8)nc(-c8ccccc8)n7)cccc56)c(C)c2)(C4)C3)ccc1-c1ccc(C#N)cc1. The van der Waals surface area contributed by atoms with Crippen LogP contribution in [0.15, 0.2) is 158 Å². The highest BCUT2D eigenvalue weighted by Crippen LogP contribution is 2.66. The average Bonchev–Trinajstić information content (AvgIpc) is 3.28. The summed E-state index contributed by atoms with van der Waals surface area (Å²) in [5.74, 6) is 3.54. The molecular weight excluding hydrogens is 729 g/mol. The van der Waals surface area contributed by atoms with E-state index in [9.17, 15) is 5.26 Å². The van der Waals surface area contributed by atoms with Crippen molar-refractivity contribution in [3.8, 4) is 62.5 Å². The standard InChI is InChI=1S/C56H46N4/c1-36-27-44(23-25-46(36)41-21-19-38(34-57)20-22-41)55-30-39-29-40(31-55)33-56(32-39,35-55)45-24-26-47(37(2)28-45)48-15-9-17-50-49(48)16-10-18-51(50)54-59-52(42-11-5-3-6-12-42)58-53(60-54)43-13-7-4-8-14-43/h3-28,39-40H,29-33,35H2,1-2H3. The van der Waals surface area contributed by atoms with Crippen LogP contribution in [0, 0.1) is 37.0 Å². The molecule has 60 heavy (non-hydrogen) atoms. The number of rotatable bonds is 7. The Morgan fingerprint density at radius 2 is 0.967 bits per heavy atom.